The van der Waals surface area contributed by atoms with Crippen LogP contribution in [-0.2, 0) is 23.8 Å². The van der Waals surface area contributed by atoms with Crippen LogP contribution in [0.2, 0.25) is 0 Å². The zero-order valence-electron chi connectivity index (χ0n) is 11.0. The van der Waals surface area contributed by atoms with Gasteiger partial charge in [0.1, 0.15) is 0 Å². The topological polar surface area (TPSA) is 65.1 Å². The summed E-state index contributed by atoms with van der Waals surface area (Å²) in [7, 11) is 2.77. The lowest BCUT2D eigenvalue weighted by Gasteiger charge is -2.32. The van der Waals surface area contributed by atoms with Crippen molar-refractivity contribution in [3.8, 4) is 0 Å². The SMILES string of the molecule is COC(=O)CCCN1CCOC(CC(=O)OC)C1. The first kappa shape index (κ1) is 14.9. The van der Waals surface area contributed by atoms with Crippen LogP contribution in [0, 0.1) is 0 Å². The molecule has 1 aliphatic heterocycles. The summed E-state index contributed by atoms with van der Waals surface area (Å²) in [5, 5.41) is 0. The molecule has 104 valence electrons. The molecule has 1 saturated heterocycles. The van der Waals surface area contributed by atoms with Gasteiger partial charge in [-0.05, 0) is 13.0 Å². The number of esters is 2. The van der Waals surface area contributed by atoms with E-state index in [1.807, 2.05) is 0 Å². The Labute approximate surface area is 107 Å². The Hall–Kier alpha value is -1.14. The fraction of sp³-hybridized carbons (Fsp3) is 0.833. The van der Waals surface area contributed by atoms with E-state index >= 15 is 0 Å². The number of carbonyl (C=O) groups is 2. The van der Waals surface area contributed by atoms with Crippen molar-refractivity contribution in [3.05, 3.63) is 0 Å². The predicted molar refractivity (Wildman–Crippen MR) is 64.1 cm³/mol. The van der Waals surface area contributed by atoms with Gasteiger partial charge in [0.05, 0.1) is 33.4 Å². The summed E-state index contributed by atoms with van der Waals surface area (Å²) in [6, 6.07) is 0. The highest BCUT2D eigenvalue weighted by Gasteiger charge is 2.22. The van der Waals surface area contributed by atoms with Gasteiger partial charge in [-0.15, -0.1) is 0 Å². The maximum absolute atomic E-state index is 11.1. The van der Waals surface area contributed by atoms with Crippen LogP contribution in [0.1, 0.15) is 19.3 Å². The highest BCUT2D eigenvalue weighted by atomic mass is 16.5. The molecule has 6 nitrogen and oxygen atoms in total. The van der Waals surface area contributed by atoms with E-state index in [1.165, 1.54) is 14.2 Å². The Kier molecular flexibility index (Phi) is 6.67. The van der Waals surface area contributed by atoms with Gasteiger partial charge in [-0.1, -0.05) is 0 Å². The van der Waals surface area contributed by atoms with Gasteiger partial charge in [0.15, 0.2) is 0 Å². The molecule has 0 radical (unpaired) electrons. The van der Waals surface area contributed by atoms with Crippen LogP contribution < -0.4 is 0 Å². The van der Waals surface area contributed by atoms with Crippen molar-refractivity contribution in [2.24, 2.45) is 0 Å². The molecule has 0 aromatic rings. The molecular formula is C12H21NO5. The number of hydrogen-bond acceptors (Lipinski definition) is 6. The van der Waals surface area contributed by atoms with Gasteiger partial charge in [0.2, 0.25) is 0 Å². The molecule has 1 fully saturated rings. The van der Waals surface area contributed by atoms with Gasteiger partial charge in [0.25, 0.3) is 0 Å². The normalized spacial score (nSPS) is 20.4. The number of carbonyl (C=O) groups excluding carboxylic acids is 2. The summed E-state index contributed by atoms with van der Waals surface area (Å²) in [5.41, 5.74) is 0. The van der Waals surface area contributed by atoms with Gasteiger partial charge in [-0.2, -0.15) is 0 Å². The molecule has 0 bridgehead atoms. The Bertz CT molecular complexity index is 282. The van der Waals surface area contributed by atoms with Crippen molar-refractivity contribution in [1.82, 2.24) is 4.90 Å². The van der Waals surface area contributed by atoms with Crippen LogP contribution >= 0.6 is 0 Å². The molecule has 0 amide bonds. The number of ether oxygens (including phenoxy) is 3. The number of morpholine rings is 1. The first-order chi connectivity index (χ1) is 8.65. The first-order valence-electron chi connectivity index (χ1n) is 6.13. The lowest BCUT2D eigenvalue weighted by molar-refractivity contribution is -0.145. The molecule has 0 spiro atoms. The molecule has 1 heterocycles. The van der Waals surface area contributed by atoms with Crippen LogP contribution in [0.25, 0.3) is 0 Å². The summed E-state index contributed by atoms with van der Waals surface area (Å²) in [4.78, 5) is 24.3. The Morgan fingerprint density at radius 3 is 2.67 bits per heavy atom. The predicted octanol–water partition coefficient (Wildman–Crippen LogP) is 0.204. The van der Waals surface area contributed by atoms with E-state index in [2.05, 4.69) is 14.4 Å². The van der Waals surface area contributed by atoms with E-state index in [0.29, 0.717) is 19.6 Å². The van der Waals surface area contributed by atoms with Crippen molar-refractivity contribution in [2.45, 2.75) is 25.4 Å². The van der Waals surface area contributed by atoms with E-state index < -0.39 is 0 Å². The Balaban J connectivity index is 2.22. The third-order valence-electron chi connectivity index (χ3n) is 2.93. The lowest BCUT2D eigenvalue weighted by atomic mass is 10.2. The molecular weight excluding hydrogens is 238 g/mol. The molecule has 0 saturated carbocycles. The minimum Gasteiger partial charge on any atom is -0.469 e. The molecule has 1 unspecified atom stereocenters. The zero-order valence-corrected chi connectivity index (χ0v) is 11.0. The molecule has 1 aliphatic rings. The van der Waals surface area contributed by atoms with Crippen molar-refractivity contribution in [1.29, 1.82) is 0 Å². The Morgan fingerprint density at radius 2 is 2.00 bits per heavy atom. The van der Waals surface area contributed by atoms with Gasteiger partial charge in [0, 0.05) is 19.5 Å². The second-order valence-corrected chi connectivity index (χ2v) is 4.25. The summed E-state index contributed by atoms with van der Waals surface area (Å²) in [6.45, 7) is 2.96. The van der Waals surface area contributed by atoms with E-state index in [0.717, 1.165) is 19.5 Å². The minimum absolute atomic E-state index is 0.107. The van der Waals surface area contributed by atoms with Crippen molar-refractivity contribution < 1.29 is 23.8 Å². The number of methoxy groups -OCH3 is 2. The van der Waals surface area contributed by atoms with Gasteiger partial charge in [-0.25, -0.2) is 0 Å². The number of rotatable bonds is 6. The average Bonchev–Trinajstić information content (AvgIpc) is 2.38. The molecule has 18 heavy (non-hydrogen) atoms. The van der Waals surface area contributed by atoms with Gasteiger partial charge >= 0.3 is 11.9 Å². The summed E-state index contributed by atoms with van der Waals surface area (Å²) in [6.07, 6.45) is 1.36. The minimum atomic E-state index is -0.253. The summed E-state index contributed by atoms with van der Waals surface area (Å²) >= 11 is 0. The largest absolute Gasteiger partial charge is 0.469 e. The van der Waals surface area contributed by atoms with E-state index in [9.17, 15) is 9.59 Å². The van der Waals surface area contributed by atoms with E-state index in [1.54, 1.807) is 0 Å². The van der Waals surface area contributed by atoms with Crippen LogP contribution in [0.5, 0.6) is 0 Å². The highest BCUT2D eigenvalue weighted by molar-refractivity contribution is 5.69. The first-order valence-corrected chi connectivity index (χ1v) is 6.13. The van der Waals surface area contributed by atoms with Crippen molar-refractivity contribution in [3.63, 3.8) is 0 Å². The average molecular weight is 259 g/mol. The fourth-order valence-corrected chi connectivity index (χ4v) is 1.93. The van der Waals surface area contributed by atoms with Crippen LogP contribution in [0.4, 0.5) is 0 Å². The third-order valence-corrected chi connectivity index (χ3v) is 2.93. The molecule has 1 atom stereocenters. The van der Waals surface area contributed by atoms with Crippen LogP contribution in [0.15, 0.2) is 0 Å². The molecule has 0 aromatic heterocycles. The number of nitrogens with zero attached hydrogens (tertiary/aromatic N) is 1. The van der Waals surface area contributed by atoms with Gasteiger partial charge in [-0.3, -0.25) is 14.5 Å². The van der Waals surface area contributed by atoms with Gasteiger partial charge < -0.3 is 14.2 Å². The Morgan fingerprint density at radius 1 is 1.28 bits per heavy atom. The molecule has 0 aliphatic carbocycles. The quantitative estimate of drug-likeness (QED) is 0.635. The monoisotopic (exact) mass is 259 g/mol. The van der Waals surface area contributed by atoms with E-state index in [4.69, 9.17) is 4.74 Å². The third kappa shape index (κ3) is 5.46. The molecule has 0 aromatic carbocycles. The maximum atomic E-state index is 11.1. The summed E-state index contributed by atoms with van der Waals surface area (Å²) < 4.78 is 14.7. The van der Waals surface area contributed by atoms with Crippen LogP contribution in [-0.4, -0.2) is 63.4 Å². The zero-order chi connectivity index (χ0) is 13.4. The maximum Gasteiger partial charge on any atom is 0.308 e. The lowest BCUT2D eigenvalue weighted by Crippen LogP contribution is -2.43. The second kappa shape index (κ2) is 8.05. The molecule has 1 rings (SSSR count). The molecule has 0 N–H and O–H groups in total. The standard InChI is InChI=1S/C12H21NO5/c1-16-11(14)4-3-5-13-6-7-18-10(9-13)8-12(15)17-2/h10H,3-9H2,1-2H3. The highest BCUT2D eigenvalue weighted by Crippen LogP contribution is 2.10. The van der Waals surface area contributed by atoms with Crippen LogP contribution in [0.3, 0.4) is 0 Å². The number of hydrogen-bond donors (Lipinski definition) is 0. The van der Waals surface area contributed by atoms with Crippen molar-refractivity contribution in [2.75, 3.05) is 40.5 Å². The second-order valence-electron chi connectivity index (χ2n) is 4.25. The fourth-order valence-electron chi connectivity index (χ4n) is 1.93. The smallest absolute Gasteiger partial charge is 0.308 e. The van der Waals surface area contributed by atoms with Crippen molar-refractivity contribution >= 4 is 11.9 Å². The summed E-state index contributed by atoms with van der Waals surface area (Å²) in [5.74, 6) is -0.439. The molecule has 6 heteroatoms. The van der Waals surface area contributed by atoms with E-state index in [-0.39, 0.29) is 24.5 Å².